The van der Waals surface area contributed by atoms with Gasteiger partial charge in [-0.05, 0) is 89.3 Å². The van der Waals surface area contributed by atoms with E-state index in [0.717, 1.165) is 28.6 Å². The number of benzene rings is 4. The van der Waals surface area contributed by atoms with Crippen molar-refractivity contribution in [3.8, 4) is 0 Å². The number of unbranched alkanes of at least 4 members (excludes halogenated alkanes) is 3. The van der Waals surface area contributed by atoms with E-state index in [2.05, 4.69) is 158 Å². The molecule has 288 valence electrons. The Hall–Kier alpha value is -2.28. The Balaban J connectivity index is 1.75. The molecule has 0 saturated carbocycles. The minimum atomic E-state index is 0.614. The van der Waals surface area contributed by atoms with Gasteiger partial charge >= 0.3 is 0 Å². The zero-order valence-electron chi connectivity index (χ0n) is 33.5. The maximum atomic E-state index is 4.15. The average Bonchev–Trinajstić information content (AvgIpc) is 3.78. The molecule has 0 fully saturated rings. The highest BCUT2D eigenvalue weighted by atomic mass is 79.9. The van der Waals surface area contributed by atoms with Crippen molar-refractivity contribution in [1.82, 2.24) is 13.7 Å². The Labute approximate surface area is 348 Å². The molecule has 3 atom stereocenters. The first kappa shape index (κ1) is 39.9. The van der Waals surface area contributed by atoms with E-state index in [1.165, 1.54) is 147 Å². The lowest BCUT2D eigenvalue weighted by atomic mass is 9.98. The lowest BCUT2D eigenvalue weighted by molar-refractivity contribution is 0.400. The Kier molecular flexibility index (Phi) is 12.9. The van der Waals surface area contributed by atoms with Gasteiger partial charge in [0.15, 0.2) is 0 Å². The second-order valence-electron chi connectivity index (χ2n) is 16.2. The first-order valence-electron chi connectivity index (χ1n) is 21.2. The summed E-state index contributed by atoms with van der Waals surface area (Å²) in [6.07, 6.45) is 14.9. The highest BCUT2D eigenvalue weighted by molar-refractivity contribution is 9.11. The smallest absolute Gasteiger partial charge is 0.0636 e. The largest absolute Gasteiger partial charge is 0.340 e. The quantitative estimate of drug-likeness (QED) is 0.0815. The molecule has 3 heterocycles. The van der Waals surface area contributed by atoms with Gasteiger partial charge in [0.1, 0.15) is 0 Å². The maximum Gasteiger partial charge on any atom is 0.0636 e. The van der Waals surface area contributed by atoms with Crippen LogP contribution in [-0.2, 0) is 19.6 Å². The number of hydrogen-bond donors (Lipinski definition) is 0. The van der Waals surface area contributed by atoms with Gasteiger partial charge in [-0.1, -0.05) is 149 Å². The predicted octanol–water partition coefficient (Wildman–Crippen LogP) is 16.9. The van der Waals surface area contributed by atoms with Gasteiger partial charge in [-0.25, -0.2) is 0 Å². The highest BCUT2D eigenvalue weighted by Crippen LogP contribution is 2.50. The number of para-hydroxylation sites is 1. The molecule has 0 aliphatic rings. The molecule has 0 radical (unpaired) electrons. The lowest BCUT2D eigenvalue weighted by Gasteiger charge is -2.20. The fourth-order valence-electron chi connectivity index (χ4n) is 9.60. The van der Waals surface area contributed by atoms with Gasteiger partial charge in [0.2, 0.25) is 0 Å². The van der Waals surface area contributed by atoms with Gasteiger partial charge in [0.05, 0.1) is 27.6 Å². The zero-order valence-corrected chi connectivity index (χ0v) is 38.3. The summed E-state index contributed by atoms with van der Waals surface area (Å²) in [7, 11) is 0. The molecular formula is C48H60Br3N3. The minimum Gasteiger partial charge on any atom is -0.340 e. The molecule has 3 nitrogen and oxygen atoms in total. The average molecular weight is 919 g/mol. The molecule has 3 aromatic heterocycles. The van der Waals surface area contributed by atoms with E-state index in [4.69, 9.17) is 0 Å². The summed E-state index contributed by atoms with van der Waals surface area (Å²) in [6.45, 7) is 17.3. The summed E-state index contributed by atoms with van der Waals surface area (Å²) >= 11 is 12.0. The summed E-state index contributed by atoms with van der Waals surface area (Å²) in [5, 5.41) is 8.39. The lowest BCUT2D eigenvalue weighted by Crippen LogP contribution is -2.12. The van der Waals surface area contributed by atoms with Crippen LogP contribution in [0.1, 0.15) is 119 Å². The van der Waals surface area contributed by atoms with Crippen LogP contribution < -0.4 is 0 Å². The van der Waals surface area contributed by atoms with Gasteiger partial charge in [0.25, 0.3) is 0 Å². The molecule has 0 amide bonds. The Morgan fingerprint density at radius 1 is 0.463 bits per heavy atom. The van der Waals surface area contributed by atoms with Gasteiger partial charge < -0.3 is 13.7 Å². The van der Waals surface area contributed by atoms with E-state index in [9.17, 15) is 0 Å². The van der Waals surface area contributed by atoms with E-state index in [-0.39, 0.29) is 0 Å². The monoisotopic (exact) mass is 915 g/mol. The summed E-state index contributed by atoms with van der Waals surface area (Å²) < 4.78 is 11.8. The summed E-state index contributed by atoms with van der Waals surface area (Å²) in [5.74, 6) is 1.85. The van der Waals surface area contributed by atoms with E-state index in [1.807, 2.05) is 0 Å². The normalized spacial score (nSPS) is 14.2. The predicted molar refractivity (Wildman–Crippen MR) is 248 cm³/mol. The third-order valence-corrected chi connectivity index (χ3v) is 14.4. The first-order chi connectivity index (χ1) is 26.3. The van der Waals surface area contributed by atoms with Gasteiger partial charge in [0, 0.05) is 70.9 Å². The molecule has 0 saturated heterocycles. The first-order valence-corrected chi connectivity index (χ1v) is 23.6. The highest BCUT2D eigenvalue weighted by Gasteiger charge is 2.30. The number of halogens is 3. The van der Waals surface area contributed by atoms with Gasteiger partial charge in [-0.3, -0.25) is 0 Å². The minimum absolute atomic E-state index is 0.614. The fourth-order valence-corrected chi connectivity index (χ4v) is 10.9. The van der Waals surface area contributed by atoms with Crippen molar-refractivity contribution in [2.24, 2.45) is 17.8 Å². The van der Waals surface area contributed by atoms with Crippen molar-refractivity contribution in [2.45, 2.75) is 138 Å². The number of aromatic nitrogens is 3. The van der Waals surface area contributed by atoms with Crippen LogP contribution in [0.15, 0.2) is 68.0 Å². The van der Waals surface area contributed by atoms with Crippen molar-refractivity contribution in [3.63, 3.8) is 0 Å². The fraction of sp³-hybridized carbons (Fsp3) is 0.500. The van der Waals surface area contributed by atoms with Crippen LogP contribution in [0, 0.1) is 17.8 Å². The van der Waals surface area contributed by atoms with Crippen LogP contribution in [-0.4, -0.2) is 13.7 Å². The second kappa shape index (κ2) is 17.5. The number of nitrogens with zero attached hydrogens (tertiary/aromatic N) is 3. The molecule has 0 bridgehead atoms. The van der Waals surface area contributed by atoms with Crippen molar-refractivity contribution in [2.75, 3.05) is 0 Å². The van der Waals surface area contributed by atoms with Crippen molar-refractivity contribution in [3.05, 3.63) is 68.0 Å². The molecular weight excluding hydrogens is 858 g/mol. The van der Waals surface area contributed by atoms with E-state index in [1.54, 1.807) is 0 Å². The third kappa shape index (κ3) is 7.23. The van der Waals surface area contributed by atoms with Crippen LogP contribution in [0.4, 0.5) is 0 Å². The van der Waals surface area contributed by atoms with Gasteiger partial charge in [-0.2, -0.15) is 0 Å². The molecule has 7 rings (SSSR count). The standard InChI is InChI=1S/C48H60Br3N3/c1-7-13-17-31(10-4)28-52-40-25-23-34(49)26-38(40)44-46-42(36-24-22-35(50)27-41(36)53(46)29-32(11-5)18-14-8-2)48-43(47(44)52)37-20-16-21-39(51)45(37)54(48)30-33(12-6)19-15-9-3/h16,20-27,31-33H,7-15,17-19,28-30H2,1-6H3. The molecule has 0 aliphatic heterocycles. The van der Waals surface area contributed by atoms with Crippen LogP contribution in [0.5, 0.6) is 0 Å². The Morgan fingerprint density at radius 3 is 1.52 bits per heavy atom. The third-order valence-electron chi connectivity index (χ3n) is 12.7. The summed E-state index contributed by atoms with van der Waals surface area (Å²) in [6, 6.07) is 21.1. The molecule has 0 aliphatic carbocycles. The van der Waals surface area contributed by atoms with E-state index in [0.29, 0.717) is 17.8 Å². The zero-order chi connectivity index (χ0) is 38.1. The topological polar surface area (TPSA) is 14.8 Å². The maximum absolute atomic E-state index is 4.15. The summed E-state index contributed by atoms with van der Waals surface area (Å²) in [4.78, 5) is 0. The van der Waals surface area contributed by atoms with Crippen LogP contribution in [0.2, 0.25) is 0 Å². The van der Waals surface area contributed by atoms with Crippen molar-refractivity contribution >= 4 is 113 Å². The van der Waals surface area contributed by atoms with Gasteiger partial charge in [-0.15, -0.1) is 0 Å². The molecule has 54 heavy (non-hydrogen) atoms. The SMILES string of the molecule is CCCCC(CC)Cn1c2ccc(Br)cc2c2c1c1c3cccc(Br)c3n(CC(CC)CCCC)c1c1c3ccc(Br)cc3n(CC(CC)CCCC)c21. The van der Waals surface area contributed by atoms with Crippen molar-refractivity contribution < 1.29 is 0 Å². The molecule has 7 aromatic rings. The summed E-state index contributed by atoms with van der Waals surface area (Å²) in [5.41, 5.74) is 8.33. The Bertz CT molecular complexity index is 2410. The molecule has 0 spiro atoms. The number of hydrogen-bond acceptors (Lipinski definition) is 0. The Morgan fingerprint density at radius 2 is 0.944 bits per heavy atom. The van der Waals surface area contributed by atoms with E-state index < -0.39 is 0 Å². The van der Waals surface area contributed by atoms with Crippen LogP contribution >= 0.6 is 47.8 Å². The van der Waals surface area contributed by atoms with Crippen LogP contribution in [0.3, 0.4) is 0 Å². The molecule has 0 N–H and O–H groups in total. The second-order valence-corrected chi connectivity index (χ2v) is 18.9. The van der Waals surface area contributed by atoms with Crippen molar-refractivity contribution in [1.29, 1.82) is 0 Å². The number of rotatable bonds is 18. The molecule has 4 aromatic carbocycles. The molecule has 6 heteroatoms. The van der Waals surface area contributed by atoms with E-state index >= 15 is 0 Å². The molecule has 3 unspecified atom stereocenters. The number of fused-ring (bicyclic) bond motifs is 12. The van der Waals surface area contributed by atoms with Crippen LogP contribution in [0.25, 0.3) is 65.4 Å².